The highest BCUT2D eigenvalue weighted by atomic mass is 32.2. The van der Waals surface area contributed by atoms with E-state index in [9.17, 15) is 8.42 Å². The molecule has 4 heteroatoms. The molecule has 0 saturated heterocycles. The standard InChI is InChI=1S/C11H12O2S2/c1-8-3-4-9-6-10(7-14-2)15(12,13)11(9)5-8/h3-6H,7H2,1-2H3. The van der Waals surface area contributed by atoms with Crippen molar-refractivity contribution < 1.29 is 8.42 Å². The van der Waals surface area contributed by atoms with E-state index < -0.39 is 9.84 Å². The number of hydrogen-bond donors (Lipinski definition) is 0. The highest BCUT2D eigenvalue weighted by Crippen LogP contribution is 2.34. The predicted octanol–water partition coefficient (Wildman–Crippen LogP) is 2.49. The Bertz CT molecular complexity index is 528. The molecule has 1 aliphatic rings. The van der Waals surface area contributed by atoms with Gasteiger partial charge in [-0.15, -0.1) is 0 Å². The minimum Gasteiger partial charge on any atom is -0.219 e. The van der Waals surface area contributed by atoms with Gasteiger partial charge in [0.2, 0.25) is 9.84 Å². The molecule has 0 N–H and O–H groups in total. The first-order valence-corrected chi connectivity index (χ1v) is 7.48. The zero-order chi connectivity index (χ0) is 11.1. The van der Waals surface area contributed by atoms with Crippen LogP contribution in [0.5, 0.6) is 0 Å². The number of hydrogen-bond acceptors (Lipinski definition) is 3. The number of fused-ring (bicyclic) bond motifs is 1. The Morgan fingerprint density at radius 2 is 2.07 bits per heavy atom. The second-order valence-electron chi connectivity index (χ2n) is 3.59. The second-order valence-corrected chi connectivity index (χ2v) is 6.43. The predicted molar refractivity (Wildman–Crippen MR) is 64.7 cm³/mol. The highest BCUT2D eigenvalue weighted by Gasteiger charge is 2.28. The fraction of sp³-hybridized carbons (Fsp3) is 0.273. The fourth-order valence-corrected chi connectivity index (χ4v) is 4.33. The van der Waals surface area contributed by atoms with E-state index >= 15 is 0 Å². The van der Waals surface area contributed by atoms with E-state index in [0.29, 0.717) is 15.6 Å². The zero-order valence-electron chi connectivity index (χ0n) is 8.65. The summed E-state index contributed by atoms with van der Waals surface area (Å²) < 4.78 is 24.1. The average molecular weight is 240 g/mol. The third-order valence-corrected chi connectivity index (χ3v) is 5.07. The van der Waals surface area contributed by atoms with Crippen LogP contribution in [0, 0.1) is 6.92 Å². The van der Waals surface area contributed by atoms with Crippen LogP contribution in [0.25, 0.3) is 6.08 Å². The van der Waals surface area contributed by atoms with E-state index in [4.69, 9.17) is 0 Å². The molecule has 0 atom stereocenters. The molecule has 15 heavy (non-hydrogen) atoms. The van der Waals surface area contributed by atoms with Gasteiger partial charge < -0.3 is 0 Å². The quantitative estimate of drug-likeness (QED) is 0.796. The van der Waals surface area contributed by atoms with Gasteiger partial charge in [0.05, 0.1) is 9.80 Å². The number of rotatable bonds is 2. The SMILES string of the molecule is CSCC1=Cc2ccc(C)cc2S1(=O)=O. The molecule has 0 saturated carbocycles. The third kappa shape index (κ3) is 1.72. The van der Waals surface area contributed by atoms with E-state index in [-0.39, 0.29) is 0 Å². The molecule has 0 aromatic heterocycles. The minimum absolute atomic E-state index is 0.464. The molecule has 1 heterocycles. The van der Waals surface area contributed by atoms with Crippen LogP contribution < -0.4 is 0 Å². The number of aryl methyl sites for hydroxylation is 1. The largest absolute Gasteiger partial charge is 0.219 e. The van der Waals surface area contributed by atoms with Gasteiger partial charge in [-0.05, 0) is 36.4 Å². The second kappa shape index (κ2) is 3.68. The topological polar surface area (TPSA) is 34.1 Å². The smallest absolute Gasteiger partial charge is 0.204 e. The highest BCUT2D eigenvalue weighted by molar-refractivity contribution is 8.01. The molecule has 1 aromatic rings. The normalized spacial score (nSPS) is 17.3. The summed E-state index contributed by atoms with van der Waals surface area (Å²) in [5.41, 5.74) is 1.81. The molecular weight excluding hydrogens is 228 g/mol. The number of benzene rings is 1. The maximum Gasteiger partial charge on any atom is 0.204 e. The van der Waals surface area contributed by atoms with Crippen molar-refractivity contribution in [2.24, 2.45) is 0 Å². The molecule has 0 spiro atoms. The van der Waals surface area contributed by atoms with Crippen LogP contribution in [0.2, 0.25) is 0 Å². The Balaban J connectivity index is 2.58. The lowest BCUT2D eigenvalue weighted by molar-refractivity contribution is 0.603. The lowest BCUT2D eigenvalue weighted by atomic mass is 10.1. The summed E-state index contributed by atoms with van der Waals surface area (Å²) in [7, 11) is -3.19. The van der Waals surface area contributed by atoms with Gasteiger partial charge in [-0.1, -0.05) is 12.1 Å². The molecule has 0 radical (unpaired) electrons. The summed E-state index contributed by atoms with van der Waals surface area (Å²) >= 11 is 1.53. The van der Waals surface area contributed by atoms with Crippen LogP contribution in [0.1, 0.15) is 11.1 Å². The van der Waals surface area contributed by atoms with Crippen molar-refractivity contribution >= 4 is 27.7 Å². The van der Waals surface area contributed by atoms with Crippen molar-refractivity contribution in [3.63, 3.8) is 0 Å². The first-order chi connectivity index (χ1) is 7.05. The molecular formula is C11H12O2S2. The van der Waals surface area contributed by atoms with Gasteiger partial charge in [0, 0.05) is 5.75 Å². The van der Waals surface area contributed by atoms with E-state index in [1.807, 2.05) is 25.3 Å². The van der Waals surface area contributed by atoms with Crippen molar-refractivity contribution in [2.45, 2.75) is 11.8 Å². The maximum absolute atomic E-state index is 12.0. The van der Waals surface area contributed by atoms with Crippen LogP contribution in [-0.2, 0) is 9.84 Å². The zero-order valence-corrected chi connectivity index (χ0v) is 10.3. The Morgan fingerprint density at radius 1 is 1.33 bits per heavy atom. The Labute approximate surface area is 94.3 Å². The van der Waals surface area contributed by atoms with Crippen molar-refractivity contribution in [1.82, 2.24) is 0 Å². The van der Waals surface area contributed by atoms with Crippen LogP contribution >= 0.6 is 11.8 Å². The van der Waals surface area contributed by atoms with Gasteiger partial charge in [0.1, 0.15) is 0 Å². The average Bonchev–Trinajstić information content (AvgIpc) is 2.41. The van der Waals surface area contributed by atoms with Crippen LogP contribution in [0.3, 0.4) is 0 Å². The van der Waals surface area contributed by atoms with Crippen LogP contribution in [-0.4, -0.2) is 20.4 Å². The summed E-state index contributed by atoms with van der Waals surface area (Å²) in [5.74, 6) is 0.552. The van der Waals surface area contributed by atoms with Crippen molar-refractivity contribution in [2.75, 3.05) is 12.0 Å². The van der Waals surface area contributed by atoms with Crippen LogP contribution in [0.4, 0.5) is 0 Å². The maximum atomic E-state index is 12.0. The van der Waals surface area contributed by atoms with Crippen LogP contribution in [0.15, 0.2) is 28.0 Å². The molecule has 1 aromatic carbocycles. The molecule has 0 bridgehead atoms. The van der Waals surface area contributed by atoms with Crippen molar-refractivity contribution in [3.8, 4) is 0 Å². The van der Waals surface area contributed by atoms with E-state index in [1.165, 1.54) is 11.8 Å². The fourth-order valence-electron chi connectivity index (χ4n) is 1.65. The van der Waals surface area contributed by atoms with Gasteiger partial charge in [-0.3, -0.25) is 0 Å². The molecule has 2 rings (SSSR count). The van der Waals surface area contributed by atoms with Gasteiger partial charge in [0.25, 0.3) is 0 Å². The minimum atomic E-state index is -3.19. The third-order valence-electron chi connectivity index (χ3n) is 2.41. The Kier molecular flexibility index (Phi) is 2.64. The molecule has 0 aliphatic carbocycles. The lowest BCUT2D eigenvalue weighted by Gasteiger charge is -2.02. The molecule has 0 unspecified atom stereocenters. The van der Waals surface area contributed by atoms with Gasteiger partial charge in [0.15, 0.2) is 0 Å². The van der Waals surface area contributed by atoms with E-state index in [2.05, 4.69) is 0 Å². The van der Waals surface area contributed by atoms with Gasteiger partial charge in [-0.2, -0.15) is 11.8 Å². The number of sulfone groups is 1. The van der Waals surface area contributed by atoms with Gasteiger partial charge >= 0.3 is 0 Å². The Hall–Kier alpha value is -0.740. The summed E-state index contributed by atoms with van der Waals surface area (Å²) in [6.07, 6.45) is 3.69. The summed E-state index contributed by atoms with van der Waals surface area (Å²) in [4.78, 5) is 0.988. The molecule has 2 nitrogen and oxygen atoms in total. The Morgan fingerprint density at radius 3 is 2.73 bits per heavy atom. The van der Waals surface area contributed by atoms with Crippen molar-refractivity contribution in [3.05, 3.63) is 34.2 Å². The van der Waals surface area contributed by atoms with E-state index in [1.54, 1.807) is 12.1 Å². The summed E-state index contributed by atoms with van der Waals surface area (Å²) in [5, 5.41) is 0. The van der Waals surface area contributed by atoms with Gasteiger partial charge in [-0.25, -0.2) is 8.42 Å². The van der Waals surface area contributed by atoms with Crippen molar-refractivity contribution in [1.29, 1.82) is 0 Å². The number of thioether (sulfide) groups is 1. The monoisotopic (exact) mass is 240 g/mol. The summed E-state index contributed by atoms with van der Waals surface area (Å²) in [6.45, 7) is 1.91. The lowest BCUT2D eigenvalue weighted by Crippen LogP contribution is -2.02. The first kappa shape index (κ1) is 10.8. The molecule has 0 amide bonds. The summed E-state index contributed by atoms with van der Waals surface area (Å²) in [6, 6.07) is 5.55. The molecule has 1 aliphatic heterocycles. The first-order valence-electron chi connectivity index (χ1n) is 4.61. The van der Waals surface area contributed by atoms with E-state index in [0.717, 1.165) is 11.1 Å². The molecule has 0 fully saturated rings. The molecule has 80 valence electrons.